The smallest absolute Gasteiger partial charge is 0.142 e. The van der Waals surface area contributed by atoms with Crippen LogP contribution in [0.4, 0.5) is 0 Å². The third-order valence-electron chi connectivity index (χ3n) is 1.96. The Hall–Kier alpha value is -0.340. The average Bonchev–Trinajstić information content (AvgIpc) is 1.85. The van der Waals surface area contributed by atoms with Crippen LogP contribution >= 0.6 is 0 Å². The highest BCUT2D eigenvalue weighted by molar-refractivity contribution is 4.90. The molecule has 0 heterocycles. The molecular formula is C10H23N2+. The molecule has 0 fully saturated rings. The molecule has 0 saturated heterocycles. The first-order valence-electron chi connectivity index (χ1n) is 4.56. The van der Waals surface area contributed by atoms with E-state index in [0.29, 0.717) is 6.17 Å². The minimum Gasteiger partial charge on any atom is -0.316 e. The molecule has 1 unspecified atom stereocenters. The summed E-state index contributed by atoms with van der Waals surface area (Å²) < 4.78 is 0.962. The lowest BCUT2D eigenvalue weighted by Crippen LogP contribution is -2.53. The molecule has 0 aromatic rings. The van der Waals surface area contributed by atoms with Crippen LogP contribution in [-0.4, -0.2) is 38.3 Å². The van der Waals surface area contributed by atoms with Gasteiger partial charge >= 0.3 is 0 Å². The lowest BCUT2D eigenvalue weighted by molar-refractivity contribution is -0.899. The van der Waals surface area contributed by atoms with Crippen molar-refractivity contribution in [3.05, 3.63) is 12.2 Å². The Balaban J connectivity index is 3.92. The van der Waals surface area contributed by atoms with Gasteiger partial charge < -0.3 is 4.48 Å². The van der Waals surface area contributed by atoms with E-state index in [1.807, 2.05) is 0 Å². The van der Waals surface area contributed by atoms with Gasteiger partial charge in [-0.05, 0) is 6.92 Å². The topological polar surface area (TPSA) is 12.0 Å². The second-order valence-corrected chi connectivity index (χ2v) is 4.38. The summed E-state index contributed by atoms with van der Waals surface area (Å²) in [6.07, 6.45) is 1.68. The molecule has 0 rings (SSSR count). The molecule has 72 valence electrons. The molecule has 0 bridgehead atoms. The van der Waals surface area contributed by atoms with E-state index in [-0.39, 0.29) is 0 Å². The first-order valence-corrected chi connectivity index (χ1v) is 4.56. The maximum atomic E-state index is 3.87. The molecule has 2 nitrogen and oxygen atoms in total. The van der Waals surface area contributed by atoms with E-state index in [2.05, 4.69) is 46.9 Å². The highest BCUT2D eigenvalue weighted by Gasteiger charge is 2.20. The second kappa shape index (κ2) is 4.63. The van der Waals surface area contributed by atoms with Crippen LogP contribution in [0.2, 0.25) is 0 Å². The Labute approximate surface area is 76.9 Å². The van der Waals surface area contributed by atoms with E-state index in [4.69, 9.17) is 0 Å². The molecule has 0 aliphatic heterocycles. The molecule has 2 heteroatoms. The highest BCUT2D eigenvalue weighted by atomic mass is 15.4. The van der Waals surface area contributed by atoms with Crippen LogP contribution in [0.15, 0.2) is 12.2 Å². The average molecular weight is 171 g/mol. The number of rotatable bonds is 5. The summed E-state index contributed by atoms with van der Waals surface area (Å²) in [6, 6.07) is 0. The largest absolute Gasteiger partial charge is 0.316 e. The van der Waals surface area contributed by atoms with Gasteiger partial charge in [0.15, 0.2) is 0 Å². The van der Waals surface area contributed by atoms with Crippen molar-refractivity contribution in [1.82, 2.24) is 5.32 Å². The van der Waals surface area contributed by atoms with Gasteiger partial charge in [0.2, 0.25) is 0 Å². The summed E-state index contributed by atoms with van der Waals surface area (Å²) in [4.78, 5) is 0. The summed E-state index contributed by atoms with van der Waals surface area (Å²) in [5, 5.41) is 3.48. The Bertz CT molecular complexity index is 144. The minimum atomic E-state index is 0.529. The molecule has 0 spiro atoms. The fourth-order valence-corrected chi connectivity index (χ4v) is 1.26. The van der Waals surface area contributed by atoms with Gasteiger partial charge in [-0.25, -0.2) is 0 Å². The van der Waals surface area contributed by atoms with Gasteiger partial charge in [-0.1, -0.05) is 19.1 Å². The Morgan fingerprint density at radius 1 is 1.42 bits per heavy atom. The predicted octanol–water partition coefficient (Wildman–Crippen LogP) is 1.59. The molecule has 0 aromatic heterocycles. The lowest BCUT2D eigenvalue weighted by Gasteiger charge is -2.34. The van der Waals surface area contributed by atoms with Crippen molar-refractivity contribution in [2.75, 3.05) is 27.7 Å². The number of hydrogen-bond acceptors (Lipinski definition) is 1. The van der Waals surface area contributed by atoms with Gasteiger partial charge in [-0.15, -0.1) is 0 Å². The molecule has 0 aromatic carbocycles. The van der Waals surface area contributed by atoms with E-state index in [1.54, 1.807) is 0 Å². The maximum absolute atomic E-state index is 3.87. The molecule has 12 heavy (non-hydrogen) atoms. The molecular weight excluding hydrogens is 148 g/mol. The Morgan fingerprint density at radius 2 is 1.92 bits per heavy atom. The lowest BCUT2D eigenvalue weighted by atomic mass is 10.2. The number of hydrogen-bond donors (Lipinski definition) is 1. The zero-order valence-electron chi connectivity index (χ0n) is 9.15. The van der Waals surface area contributed by atoms with Crippen molar-refractivity contribution < 1.29 is 4.48 Å². The molecule has 0 aliphatic rings. The minimum absolute atomic E-state index is 0.529. The van der Waals surface area contributed by atoms with Crippen LogP contribution in [-0.2, 0) is 0 Å². The van der Waals surface area contributed by atoms with Gasteiger partial charge in [-0.3, -0.25) is 5.32 Å². The molecule has 0 radical (unpaired) electrons. The summed E-state index contributed by atoms with van der Waals surface area (Å²) in [6.45, 7) is 9.06. The monoisotopic (exact) mass is 171 g/mol. The Morgan fingerprint density at radius 3 is 2.17 bits per heavy atom. The Kier molecular flexibility index (Phi) is 4.50. The van der Waals surface area contributed by atoms with Gasteiger partial charge in [0.25, 0.3) is 0 Å². The summed E-state index contributed by atoms with van der Waals surface area (Å²) >= 11 is 0. The molecule has 0 aliphatic carbocycles. The van der Waals surface area contributed by atoms with Crippen molar-refractivity contribution in [3.8, 4) is 0 Å². The van der Waals surface area contributed by atoms with E-state index in [1.165, 1.54) is 5.57 Å². The first kappa shape index (κ1) is 11.7. The van der Waals surface area contributed by atoms with Crippen LogP contribution in [0.1, 0.15) is 20.3 Å². The van der Waals surface area contributed by atoms with Crippen molar-refractivity contribution in [2.45, 2.75) is 26.4 Å². The van der Waals surface area contributed by atoms with Gasteiger partial charge in [-0.2, -0.15) is 0 Å². The third-order valence-corrected chi connectivity index (χ3v) is 1.96. The molecule has 1 N–H and O–H groups in total. The first-order chi connectivity index (χ1) is 5.38. The predicted molar refractivity (Wildman–Crippen MR) is 54.9 cm³/mol. The fraction of sp³-hybridized carbons (Fsp3) is 0.800. The summed E-state index contributed by atoms with van der Waals surface area (Å²) in [5.41, 5.74) is 1.20. The van der Waals surface area contributed by atoms with E-state index in [0.717, 1.165) is 17.4 Å². The number of nitrogens with zero attached hydrogens (tertiary/aromatic N) is 1. The van der Waals surface area contributed by atoms with Gasteiger partial charge in [0, 0.05) is 13.0 Å². The van der Waals surface area contributed by atoms with Crippen LogP contribution in [0.3, 0.4) is 0 Å². The maximum Gasteiger partial charge on any atom is 0.142 e. The summed E-state index contributed by atoms with van der Waals surface area (Å²) in [7, 11) is 6.62. The van der Waals surface area contributed by atoms with E-state index < -0.39 is 0 Å². The van der Waals surface area contributed by atoms with Crippen molar-refractivity contribution in [1.29, 1.82) is 0 Å². The fourth-order valence-electron chi connectivity index (χ4n) is 1.26. The van der Waals surface area contributed by atoms with E-state index in [9.17, 15) is 0 Å². The quantitative estimate of drug-likeness (QED) is 0.376. The van der Waals surface area contributed by atoms with E-state index >= 15 is 0 Å². The highest BCUT2D eigenvalue weighted by Crippen LogP contribution is 2.03. The van der Waals surface area contributed by atoms with Crippen LogP contribution < -0.4 is 5.32 Å². The molecule has 0 saturated carbocycles. The van der Waals surface area contributed by atoms with Crippen molar-refractivity contribution in [3.63, 3.8) is 0 Å². The second-order valence-electron chi connectivity index (χ2n) is 4.38. The van der Waals surface area contributed by atoms with Gasteiger partial charge in [0.05, 0.1) is 21.1 Å². The van der Waals surface area contributed by atoms with Crippen LogP contribution in [0.25, 0.3) is 0 Å². The number of quaternary nitrogens is 1. The normalized spacial score (nSPS) is 14.4. The number of nitrogens with one attached hydrogen (secondary N) is 1. The summed E-state index contributed by atoms with van der Waals surface area (Å²) in [5.74, 6) is 0. The zero-order chi connectivity index (χ0) is 9.78. The van der Waals surface area contributed by atoms with Gasteiger partial charge in [0.1, 0.15) is 6.17 Å². The van der Waals surface area contributed by atoms with Crippen LogP contribution in [0, 0.1) is 0 Å². The van der Waals surface area contributed by atoms with Crippen molar-refractivity contribution in [2.24, 2.45) is 0 Å². The van der Waals surface area contributed by atoms with Crippen molar-refractivity contribution >= 4 is 0 Å². The molecule has 1 atom stereocenters. The standard InChI is InChI=1S/C10H23N2/c1-7-10(12(4,5)6)11-8-9(2)3/h10-11H,2,7-8H2,1,3-6H3/q+1. The molecule has 0 amide bonds. The van der Waals surface area contributed by atoms with Crippen LogP contribution in [0.5, 0.6) is 0 Å². The SMILES string of the molecule is C=C(C)CNC(CC)[N+](C)(C)C. The third kappa shape index (κ3) is 4.52. The zero-order valence-corrected chi connectivity index (χ0v) is 9.15.